The molecule has 6 heteroatoms. The molecule has 0 spiro atoms. The van der Waals surface area contributed by atoms with Crippen molar-refractivity contribution in [2.75, 3.05) is 26.3 Å². The normalized spacial score (nSPS) is 19.4. The largest absolute Gasteiger partial charge is 0.393 e. The Kier molecular flexibility index (Phi) is 5.71. The highest BCUT2D eigenvalue weighted by Gasteiger charge is 2.28. The molecular formula is C18H24N2O3S. The highest BCUT2D eigenvalue weighted by molar-refractivity contribution is 7.17. The Morgan fingerprint density at radius 2 is 2.33 bits per heavy atom. The third kappa shape index (κ3) is 4.06. The molecule has 3 rings (SSSR count). The standard InChI is InChI=1S/C18H24N2O3S/c1-13(21)10-15-11-23-9-8-20(15)18(22)19-7-6-14-12-24-17-5-3-2-4-16(14)17/h2-5,12-13,15,21H,6-11H2,1H3,(H,19,22)/t13-,15-/m1/s1. The number of carbonyl (C=O) groups is 1. The van der Waals surface area contributed by atoms with Crippen LogP contribution in [0.3, 0.4) is 0 Å². The minimum atomic E-state index is -0.441. The number of urea groups is 1. The number of rotatable bonds is 5. The van der Waals surface area contributed by atoms with Gasteiger partial charge in [0.2, 0.25) is 0 Å². The van der Waals surface area contributed by atoms with Crippen LogP contribution < -0.4 is 5.32 Å². The van der Waals surface area contributed by atoms with Gasteiger partial charge in [-0.15, -0.1) is 11.3 Å². The minimum absolute atomic E-state index is 0.0549. The summed E-state index contributed by atoms with van der Waals surface area (Å²) in [6.07, 6.45) is 0.924. The van der Waals surface area contributed by atoms with Crippen LogP contribution >= 0.6 is 11.3 Å². The predicted molar refractivity (Wildman–Crippen MR) is 96.5 cm³/mol. The van der Waals surface area contributed by atoms with Crippen LogP contribution in [0.5, 0.6) is 0 Å². The number of hydrogen-bond acceptors (Lipinski definition) is 4. The van der Waals surface area contributed by atoms with Gasteiger partial charge in [-0.3, -0.25) is 0 Å². The van der Waals surface area contributed by atoms with Crippen LogP contribution in [0.15, 0.2) is 29.6 Å². The Balaban J connectivity index is 1.54. The van der Waals surface area contributed by atoms with Gasteiger partial charge >= 0.3 is 6.03 Å². The molecule has 1 aliphatic heterocycles. The lowest BCUT2D eigenvalue weighted by atomic mass is 10.1. The molecule has 0 unspecified atom stereocenters. The molecule has 0 aliphatic carbocycles. The average molecular weight is 348 g/mol. The van der Waals surface area contributed by atoms with E-state index in [1.807, 2.05) is 12.1 Å². The number of carbonyl (C=O) groups excluding carboxylic acids is 1. The third-order valence-corrected chi connectivity index (χ3v) is 5.35. The topological polar surface area (TPSA) is 61.8 Å². The van der Waals surface area contributed by atoms with Gasteiger partial charge in [0.1, 0.15) is 0 Å². The molecular weight excluding hydrogens is 324 g/mol. The fourth-order valence-corrected chi connectivity index (χ4v) is 4.14. The van der Waals surface area contributed by atoms with Crippen molar-refractivity contribution in [2.45, 2.75) is 31.9 Å². The maximum Gasteiger partial charge on any atom is 0.317 e. The second-order valence-corrected chi connectivity index (χ2v) is 7.16. The van der Waals surface area contributed by atoms with Gasteiger partial charge < -0.3 is 20.1 Å². The van der Waals surface area contributed by atoms with Crippen molar-refractivity contribution in [3.8, 4) is 0 Å². The number of hydrogen-bond donors (Lipinski definition) is 2. The summed E-state index contributed by atoms with van der Waals surface area (Å²) in [5.41, 5.74) is 1.28. The molecule has 2 atom stereocenters. The Hall–Kier alpha value is -1.63. The zero-order valence-corrected chi connectivity index (χ0v) is 14.7. The summed E-state index contributed by atoms with van der Waals surface area (Å²) in [5, 5.41) is 16.0. The van der Waals surface area contributed by atoms with E-state index in [1.165, 1.54) is 15.6 Å². The van der Waals surface area contributed by atoms with E-state index in [0.717, 1.165) is 6.42 Å². The Morgan fingerprint density at radius 3 is 3.17 bits per heavy atom. The lowest BCUT2D eigenvalue weighted by Gasteiger charge is -2.36. The molecule has 2 aromatic rings. The lowest BCUT2D eigenvalue weighted by molar-refractivity contribution is -0.00425. The molecule has 1 fully saturated rings. The second-order valence-electron chi connectivity index (χ2n) is 6.25. The van der Waals surface area contributed by atoms with Crippen molar-refractivity contribution in [1.29, 1.82) is 0 Å². The van der Waals surface area contributed by atoms with Crippen LogP contribution in [0.2, 0.25) is 0 Å². The van der Waals surface area contributed by atoms with E-state index in [4.69, 9.17) is 4.74 Å². The zero-order chi connectivity index (χ0) is 16.9. The van der Waals surface area contributed by atoms with Gasteiger partial charge in [0.15, 0.2) is 0 Å². The molecule has 0 saturated carbocycles. The number of thiophene rings is 1. The van der Waals surface area contributed by atoms with Crippen LogP contribution in [0.4, 0.5) is 4.79 Å². The van der Waals surface area contributed by atoms with Crippen LogP contribution in [-0.4, -0.2) is 54.5 Å². The smallest absolute Gasteiger partial charge is 0.317 e. The number of fused-ring (bicyclic) bond motifs is 1. The van der Waals surface area contributed by atoms with E-state index in [1.54, 1.807) is 23.2 Å². The number of aliphatic hydroxyl groups excluding tert-OH is 1. The van der Waals surface area contributed by atoms with E-state index in [2.05, 4.69) is 22.8 Å². The first-order valence-corrected chi connectivity index (χ1v) is 9.28. The van der Waals surface area contributed by atoms with E-state index in [0.29, 0.717) is 32.7 Å². The first-order chi connectivity index (χ1) is 11.6. The van der Waals surface area contributed by atoms with Gasteiger partial charge in [0.25, 0.3) is 0 Å². The monoisotopic (exact) mass is 348 g/mol. The van der Waals surface area contributed by atoms with E-state index in [-0.39, 0.29) is 12.1 Å². The van der Waals surface area contributed by atoms with Crippen molar-refractivity contribution in [2.24, 2.45) is 0 Å². The Labute approximate surface area is 146 Å². The van der Waals surface area contributed by atoms with Gasteiger partial charge in [-0.2, -0.15) is 0 Å². The Bertz CT molecular complexity index is 686. The van der Waals surface area contributed by atoms with Gasteiger partial charge in [-0.05, 0) is 42.2 Å². The number of nitrogens with one attached hydrogen (secondary N) is 1. The predicted octanol–water partition coefficient (Wildman–Crippen LogP) is 2.63. The molecule has 0 bridgehead atoms. The molecule has 1 aromatic carbocycles. The molecule has 1 saturated heterocycles. The summed E-state index contributed by atoms with van der Waals surface area (Å²) in [5.74, 6) is 0. The summed E-state index contributed by atoms with van der Waals surface area (Å²) in [7, 11) is 0. The molecule has 2 N–H and O–H groups in total. The quantitative estimate of drug-likeness (QED) is 0.873. The van der Waals surface area contributed by atoms with Gasteiger partial charge in [-0.25, -0.2) is 4.79 Å². The number of ether oxygens (including phenoxy) is 1. The molecule has 1 aliphatic rings. The number of benzene rings is 1. The van der Waals surface area contributed by atoms with Crippen LogP contribution in [0.25, 0.3) is 10.1 Å². The van der Waals surface area contributed by atoms with E-state index < -0.39 is 6.10 Å². The van der Waals surface area contributed by atoms with Crippen LogP contribution in [-0.2, 0) is 11.2 Å². The maximum atomic E-state index is 12.5. The van der Waals surface area contributed by atoms with Gasteiger partial charge in [-0.1, -0.05) is 18.2 Å². The second kappa shape index (κ2) is 7.96. The molecule has 2 heterocycles. The minimum Gasteiger partial charge on any atom is -0.393 e. The van der Waals surface area contributed by atoms with Crippen molar-refractivity contribution in [3.05, 3.63) is 35.2 Å². The molecule has 5 nitrogen and oxygen atoms in total. The number of nitrogens with zero attached hydrogens (tertiary/aromatic N) is 1. The summed E-state index contributed by atoms with van der Waals surface area (Å²) in [4.78, 5) is 14.3. The average Bonchev–Trinajstić information content (AvgIpc) is 2.98. The molecule has 2 amide bonds. The highest BCUT2D eigenvalue weighted by Crippen LogP contribution is 2.25. The SMILES string of the molecule is C[C@@H](O)C[C@@H]1COCCN1C(=O)NCCc1csc2ccccc12. The van der Waals surface area contributed by atoms with Gasteiger partial charge in [0, 0.05) is 17.8 Å². The number of morpholine rings is 1. The number of aliphatic hydroxyl groups is 1. The fraction of sp³-hybridized carbons (Fsp3) is 0.500. The van der Waals surface area contributed by atoms with E-state index >= 15 is 0 Å². The lowest BCUT2D eigenvalue weighted by Crippen LogP contribution is -2.53. The highest BCUT2D eigenvalue weighted by atomic mass is 32.1. The summed E-state index contributed by atoms with van der Waals surface area (Å²) < 4.78 is 6.73. The first kappa shape index (κ1) is 17.2. The molecule has 130 valence electrons. The first-order valence-electron chi connectivity index (χ1n) is 8.40. The van der Waals surface area contributed by atoms with Crippen molar-refractivity contribution in [3.63, 3.8) is 0 Å². The molecule has 24 heavy (non-hydrogen) atoms. The van der Waals surface area contributed by atoms with Crippen LogP contribution in [0, 0.1) is 0 Å². The van der Waals surface area contributed by atoms with Crippen molar-refractivity contribution in [1.82, 2.24) is 10.2 Å². The van der Waals surface area contributed by atoms with E-state index in [9.17, 15) is 9.90 Å². The summed E-state index contributed by atoms with van der Waals surface area (Å²) in [6.45, 7) is 3.97. The molecule has 0 radical (unpaired) electrons. The summed E-state index contributed by atoms with van der Waals surface area (Å²) >= 11 is 1.74. The van der Waals surface area contributed by atoms with Crippen molar-refractivity contribution >= 4 is 27.5 Å². The maximum absolute atomic E-state index is 12.5. The molecule has 1 aromatic heterocycles. The van der Waals surface area contributed by atoms with Crippen LogP contribution in [0.1, 0.15) is 18.9 Å². The fourth-order valence-electron chi connectivity index (χ4n) is 3.14. The number of amides is 2. The zero-order valence-electron chi connectivity index (χ0n) is 13.9. The van der Waals surface area contributed by atoms with Gasteiger partial charge in [0.05, 0.1) is 25.4 Å². The summed E-state index contributed by atoms with van der Waals surface area (Å²) in [6, 6.07) is 8.22. The van der Waals surface area contributed by atoms with Crippen molar-refractivity contribution < 1.29 is 14.6 Å². The Morgan fingerprint density at radius 1 is 1.50 bits per heavy atom. The third-order valence-electron chi connectivity index (χ3n) is 4.33.